The highest BCUT2D eigenvalue weighted by Crippen LogP contribution is 2.29. The number of piperidine rings is 1. The van der Waals surface area contributed by atoms with Crippen molar-refractivity contribution in [3.05, 3.63) is 59.0 Å². The summed E-state index contributed by atoms with van der Waals surface area (Å²) in [5.41, 5.74) is 4.29. The minimum atomic E-state index is -3.72. The zero-order valence-corrected chi connectivity index (χ0v) is 20.8. The van der Waals surface area contributed by atoms with Crippen molar-refractivity contribution in [2.75, 3.05) is 18.4 Å². The first-order valence-electron chi connectivity index (χ1n) is 11.5. The van der Waals surface area contributed by atoms with Gasteiger partial charge in [-0.3, -0.25) is 4.79 Å². The van der Waals surface area contributed by atoms with Crippen LogP contribution in [0.4, 0.5) is 5.69 Å². The molecule has 1 amide bonds. The van der Waals surface area contributed by atoms with Crippen LogP contribution in [-0.2, 0) is 21.2 Å². The summed E-state index contributed by atoms with van der Waals surface area (Å²) in [6.45, 7) is 8.30. The van der Waals surface area contributed by atoms with E-state index < -0.39 is 10.0 Å². The van der Waals surface area contributed by atoms with Crippen LogP contribution in [0.5, 0.6) is 0 Å². The fraction of sp³-hybridized carbons (Fsp3) is 0.400. The third kappa shape index (κ3) is 4.90. The Morgan fingerprint density at radius 1 is 1.06 bits per heavy atom. The molecule has 1 aromatic heterocycles. The summed E-state index contributed by atoms with van der Waals surface area (Å²) in [5.74, 6) is 0.575. The normalized spacial score (nSPS) is 15.4. The lowest BCUT2D eigenvalue weighted by molar-refractivity contribution is -0.120. The molecular formula is C25H30N4O4S. The lowest BCUT2D eigenvalue weighted by atomic mass is 9.97. The van der Waals surface area contributed by atoms with E-state index in [1.54, 1.807) is 25.1 Å². The van der Waals surface area contributed by atoms with Crippen LogP contribution in [0.25, 0.3) is 11.4 Å². The number of sulfonamides is 1. The highest BCUT2D eigenvalue weighted by molar-refractivity contribution is 7.89. The number of carbonyl (C=O) groups is 1. The van der Waals surface area contributed by atoms with Crippen molar-refractivity contribution in [3.8, 4) is 11.4 Å². The molecule has 0 bridgehead atoms. The van der Waals surface area contributed by atoms with Crippen LogP contribution in [0, 0.1) is 26.7 Å². The largest absolute Gasteiger partial charge is 0.339 e. The van der Waals surface area contributed by atoms with Crippen molar-refractivity contribution in [2.45, 2.75) is 51.9 Å². The minimum absolute atomic E-state index is 0.0673. The van der Waals surface area contributed by atoms with Crippen molar-refractivity contribution >= 4 is 21.6 Å². The first-order valence-corrected chi connectivity index (χ1v) is 12.9. The van der Waals surface area contributed by atoms with Gasteiger partial charge >= 0.3 is 0 Å². The molecule has 0 spiro atoms. The minimum Gasteiger partial charge on any atom is -0.339 e. The number of aromatic nitrogens is 2. The van der Waals surface area contributed by atoms with E-state index in [0.29, 0.717) is 55.2 Å². The molecule has 3 aromatic rings. The number of rotatable bonds is 6. The molecule has 0 aliphatic carbocycles. The molecule has 34 heavy (non-hydrogen) atoms. The molecule has 0 saturated carbocycles. The van der Waals surface area contributed by atoms with Crippen LogP contribution >= 0.6 is 0 Å². The SMILES string of the molecule is CCc1nc(-c2ccc(C)c(S(=O)(=O)N3CCC(C(=O)Nc4ccc(C)c(C)c4)CC3)c2)no1. The Bertz CT molecular complexity index is 1310. The van der Waals surface area contributed by atoms with E-state index in [1.165, 1.54) is 9.87 Å². The standard InChI is InChI=1S/C25H30N4O4S/c1-5-23-27-24(28-33-23)20-8-6-17(3)22(15-20)34(31,32)29-12-10-19(11-13-29)25(30)26-21-9-7-16(2)18(4)14-21/h6-9,14-15,19H,5,10-13H2,1-4H3,(H,26,30). The Morgan fingerprint density at radius 3 is 2.41 bits per heavy atom. The van der Waals surface area contributed by atoms with Crippen molar-refractivity contribution in [1.82, 2.24) is 14.4 Å². The molecule has 1 N–H and O–H groups in total. The third-order valence-electron chi connectivity index (χ3n) is 6.43. The topological polar surface area (TPSA) is 105 Å². The quantitative estimate of drug-likeness (QED) is 0.563. The van der Waals surface area contributed by atoms with Gasteiger partial charge in [-0.1, -0.05) is 30.3 Å². The number of hydrogen-bond acceptors (Lipinski definition) is 6. The maximum Gasteiger partial charge on any atom is 0.243 e. The summed E-state index contributed by atoms with van der Waals surface area (Å²) >= 11 is 0. The van der Waals surface area contributed by atoms with Crippen LogP contribution in [0.1, 0.15) is 42.3 Å². The van der Waals surface area contributed by atoms with Gasteiger partial charge in [0.1, 0.15) is 0 Å². The second-order valence-electron chi connectivity index (χ2n) is 8.81. The molecule has 1 saturated heterocycles. The summed E-state index contributed by atoms with van der Waals surface area (Å²) in [5, 5.41) is 6.93. The predicted octanol–water partition coefficient (Wildman–Crippen LogP) is 4.26. The second-order valence-corrected chi connectivity index (χ2v) is 10.7. The van der Waals surface area contributed by atoms with E-state index in [1.807, 2.05) is 39.0 Å². The Hall–Kier alpha value is -3.04. The van der Waals surface area contributed by atoms with Crippen molar-refractivity contribution < 1.29 is 17.7 Å². The van der Waals surface area contributed by atoms with Gasteiger partial charge in [0.2, 0.25) is 27.6 Å². The van der Waals surface area contributed by atoms with E-state index in [4.69, 9.17) is 4.52 Å². The fourth-order valence-corrected chi connectivity index (χ4v) is 5.81. The molecule has 9 heteroatoms. The Morgan fingerprint density at radius 2 is 1.76 bits per heavy atom. The number of carbonyl (C=O) groups excluding carboxylic acids is 1. The number of anilines is 1. The molecule has 2 aromatic carbocycles. The third-order valence-corrected chi connectivity index (χ3v) is 8.47. The summed E-state index contributed by atoms with van der Waals surface area (Å²) in [4.78, 5) is 17.3. The summed E-state index contributed by atoms with van der Waals surface area (Å²) in [6.07, 6.45) is 1.55. The van der Waals surface area contributed by atoms with Gasteiger partial charge in [0.05, 0.1) is 4.90 Å². The number of nitrogens with one attached hydrogen (secondary N) is 1. The summed E-state index contributed by atoms with van der Waals surface area (Å²) in [6, 6.07) is 11.0. The molecule has 0 atom stereocenters. The van der Waals surface area contributed by atoms with Gasteiger partial charge in [-0.2, -0.15) is 9.29 Å². The summed E-state index contributed by atoms with van der Waals surface area (Å²) in [7, 11) is -3.72. The average molecular weight is 483 g/mol. The van der Waals surface area contributed by atoms with E-state index in [2.05, 4.69) is 15.5 Å². The molecular weight excluding hydrogens is 452 g/mol. The molecule has 8 nitrogen and oxygen atoms in total. The van der Waals surface area contributed by atoms with Crippen LogP contribution in [0.2, 0.25) is 0 Å². The second kappa shape index (κ2) is 9.68. The maximum atomic E-state index is 13.5. The zero-order chi connectivity index (χ0) is 24.5. The monoisotopic (exact) mass is 482 g/mol. The van der Waals surface area contributed by atoms with Crippen molar-refractivity contribution in [3.63, 3.8) is 0 Å². The van der Waals surface area contributed by atoms with Crippen LogP contribution in [-0.4, -0.2) is 41.9 Å². The van der Waals surface area contributed by atoms with Gasteiger partial charge in [0, 0.05) is 36.7 Å². The van der Waals surface area contributed by atoms with Crippen LogP contribution in [0.3, 0.4) is 0 Å². The lowest BCUT2D eigenvalue weighted by Crippen LogP contribution is -2.41. The van der Waals surface area contributed by atoms with E-state index in [9.17, 15) is 13.2 Å². The van der Waals surface area contributed by atoms with Gasteiger partial charge in [-0.15, -0.1) is 0 Å². The Balaban J connectivity index is 1.46. The lowest BCUT2D eigenvalue weighted by Gasteiger charge is -2.31. The summed E-state index contributed by atoms with van der Waals surface area (Å²) < 4.78 is 33.5. The number of nitrogens with zero attached hydrogens (tertiary/aromatic N) is 3. The maximum absolute atomic E-state index is 13.5. The number of amides is 1. The van der Waals surface area contributed by atoms with Gasteiger partial charge in [-0.05, 0) is 68.5 Å². The van der Waals surface area contributed by atoms with E-state index in [0.717, 1.165) is 11.3 Å². The molecule has 1 fully saturated rings. The average Bonchev–Trinajstić information content (AvgIpc) is 3.31. The number of hydrogen-bond donors (Lipinski definition) is 1. The van der Waals surface area contributed by atoms with Gasteiger partial charge in [-0.25, -0.2) is 8.42 Å². The number of benzene rings is 2. The highest BCUT2D eigenvalue weighted by atomic mass is 32.2. The highest BCUT2D eigenvalue weighted by Gasteiger charge is 2.33. The Kier molecular flexibility index (Phi) is 6.86. The zero-order valence-electron chi connectivity index (χ0n) is 20.0. The molecule has 2 heterocycles. The Labute approximate surface area is 200 Å². The molecule has 180 valence electrons. The van der Waals surface area contributed by atoms with E-state index >= 15 is 0 Å². The molecule has 1 aliphatic heterocycles. The first kappa shape index (κ1) is 24.1. The molecule has 0 radical (unpaired) electrons. The van der Waals surface area contributed by atoms with Gasteiger partial charge < -0.3 is 9.84 Å². The van der Waals surface area contributed by atoms with Gasteiger partial charge in [0.25, 0.3) is 0 Å². The first-order chi connectivity index (χ1) is 16.2. The van der Waals surface area contributed by atoms with Gasteiger partial charge in [0.15, 0.2) is 0 Å². The molecule has 1 aliphatic rings. The predicted molar refractivity (Wildman–Crippen MR) is 130 cm³/mol. The number of aryl methyl sites for hydroxylation is 4. The molecule has 4 rings (SSSR count). The van der Waals surface area contributed by atoms with E-state index in [-0.39, 0.29) is 16.7 Å². The fourth-order valence-electron chi connectivity index (χ4n) is 4.09. The van der Waals surface area contributed by atoms with Crippen molar-refractivity contribution in [1.29, 1.82) is 0 Å². The van der Waals surface area contributed by atoms with Crippen LogP contribution < -0.4 is 5.32 Å². The molecule has 0 unspecified atom stereocenters. The van der Waals surface area contributed by atoms with Crippen molar-refractivity contribution in [2.24, 2.45) is 5.92 Å². The van der Waals surface area contributed by atoms with Crippen LogP contribution in [0.15, 0.2) is 45.8 Å². The smallest absolute Gasteiger partial charge is 0.243 e.